The van der Waals surface area contributed by atoms with Gasteiger partial charge in [0.15, 0.2) is 0 Å². The first kappa shape index (κ1) is 33.2. The Labute approximate surface area is 280 Å². The molecule has 1 aromatic carbocycles. The topological polar surface area (TPSA) is 150 Å². The molecule has 3 heterocycles. The van der Waals surface area contributed by atoms with Crippen LogP contribution >= 0.6 is 0 Å². The molecule has 256 valence electrons. The fraction of sp³-hybridized carbons (Fsp3) is 0.543. The molecular weight excluding hydrogens is 614 g/mol. The van der Waals surface area contributed by atoms with Gasteiger partial charge in [-0.25, -0.2) is 9.78 Å². The van der Waals surface area contributed by atoms with Gasteiger partial charge in [0.1, 0.15) is 28.8 Å². The fourth-order valence-corrected chi connectivity index (χ4v) is 6.82. The van der Waals surface area contributed by atoms with Crippen LogP contribution in [0.25, 0.3) is 22.3 Å². The summed E-state index contributed by atoms with van der Waals surface area (Å²) in [6.45, 7) is 6.56. The molecule has 48 heavy (non-hydrogen) atoms. The van der Waals surface area contributed by atoms with Crippen molar-refractivity contribution in [1.82, 2.24) is 30.3 Å². The normalized spacial score (nSPS) is 26.7. The Balaban J connectivity index is 1.32. The van der Waals surface area contributed by atoms with Gasteiger partial charge in [-0.05, 0) is 71.4 Å². The number of ether oxygens (including phenoxy) is 3. The van der Waals surface area contributed by atoms with Gasteiger partial charge < -0.3 is 24.4 Å². The maximum absolute atomic E-state index is 14.1. The molecule has 1 aliphatic heterocycles. The number of methoxy groups -OCH3 is 1. The van der Waals surface area contributed by atoms with E-state index in [2.05, 4.69) is 27.0 Å². The van der Waals surface area contributed by atoms with E-state index in [1.807, 2.05) is 44.2 Å². The maximum atomic E-state index is 14.1. The molecule has 13 heteroatoms. The van der Waals surface area contributed by atoms with E-state index in [-0.39, 0.29) is 30.4 Å². The number of hydrogen-bond donors (Lipinski definition) is 2. The minimum atomic E-state index is -1.11. The van der Waals surface area contributed by atoms with Crippen LogP contribution in [0.3, 0.4) is 0 Å². The number of nitrogens with one attached hydrogen (secondary N) is 2. The van der Waals surface area contributed by atoms with Crippen molar-refractivity contribution in [3.05, 3.63) is 42.6 Å². The molecule has 2 aliphatic carbocycles. The molecule has 5 unspecified atom stereocenters. The predicted octanol–water partition coefficient (Wildman–Crippen LogP) is 3.86. The number of hydrogen-bond acceptors (Lipinski definition) is 10. The van der Waals surface area contributed by atoms with Crippen molar-refractivity contribution in [3.8, 4) is 22.9 Å². The van der Waals surface area contributed by atoms with Crippen molar-refractivity contribution in [3.63, 3.8) is 0 Å². The Morgan fingerprint density at radius 2 is 1.96 bits per heavy atom. The summed E-state index contributed by atoms with van der Waals surface area (Å²) in [5, 5.41) is 12.7. The van der Waals surface area contributed by atoms with E-state index >= 15 is 0 Å². The summed E-state index contributed by atoms with van der Waals surface area (Å²) in [6, 6.07) is 7.51. The molecule has 2 amide bonds. The molecule has 3 aromatic rings. The molecule has 0 saturated heterocycles. The average molecular weight is 660 g/mol. The Morgan fingerprint density at radius 1 is 1.15 bits per heavy atom. The van der Waals surface area contributed by atoms with Gasteiger partial charge >= 0.3 is 5.97 Å². The fourth-order valence-electron chi connectivity index (χ4n) is 6.82. The first-order valence-electron chi connectivity index (χ1n) is 16.9. The van der Waals surface area contributed by atoms with Gasteiger partial charge in [-0.2, -0.15) is 0 Å². The van der Waals surface area contributed by atoms with E-state index in [0.717, 1.165) is 24.6 Å². The molecule has 0 bridgehead atoms. The van der Waals surface area contributed by atoms with Gasteiger partial charge in [0.2, 0.25) is 11.8 Å². The molecule has 2 fully saturated rings. The van der Waals surface area contributed by atoms with Crippen molar-refractivity contribution in [2.75, 3.05) is 32.7 Å². The number of fused-ring (bicyclic) bond motifs is 3. The highest BCUT2D eigenvalue weighted by molar-refractivity contribution is 5.95. The first-order valence-corrected chi connectivity index (χ1v) is 16.9. The summed E-state index contributed by atoms with van der Waals surface area (Å²) in [5.74, 6) is -1.08. The lowest BCUT2D eigenvalue weighted by Crippen LogP contribution is -2.50. The van der Waals surface area contributed by atoms with Crippen LogP contribution in [0.4, 0.5) is 0 Å². The van der Waals surface area contributed by atoms with Crippen LogP contribution in [0.2, 0.25) is 0 Å². The van der Waals surface area contributed by atoms with Crippen LogP contribution in [0.15, 0.2) is 42.6 Å². The number of pyridine rings is 1. The van der Waals surface area contributed by atoms with Gasteiger partial charge in [-0.15, -0.1) is 10.2 Å². The van der Waals surface area contributed by atoms with Crippen molar-refractivity contribution >= 4 is 28.7 Å². The van der Waals surface area contributed by atoms with Gasteiger partial charge in [-0.3, -0.25) is 15.0 Å². The molecule has 5 atom stereocenters. The standard InChI is InChI=1S/C35H45N7O6/c1-6-47-34(45)35-19-22(35)11-9-7-8-10-14-41(4)33(44)27-16-24(15-26(27)32(43)38-35)48-31-18-29(30-20-36-42(40-30)39-21(2)3)37-28-17-23(46-5)12-13-25(28)31/h9,11-13,17-18,20-22,24,26-27,39H,6-8,10,14-16,19H2,1-5H3,(H,38,43)/b11-9+. The summed E-state index contributed by atoms with van der Waals surface area (Å²) < 4.78 is 17.6. The zero-order valence-corrected chi connectivity index (χ0v) is 28.3. The molecule has 2 aromatic heterocycles. The second-order valence-corrected chi connectivity index (χ2v) is 13.3. The summed E-state index contributed by atoms with van der Waals surface area (Å²) >= 11 is 0. The third-order valence-corrected chi connectivity index (χ3v) is 9.43. The quantitative estimate of drug-likeness (QED) is 0.270. The number of rotatable bonds is 8. The molecule has 0 radical (unpaired) electrons. The SMILES string of the molecule is CCOC(=O)C12CC1/C=C/CCCCN(C)C(=O)C1CC(Oc3cc(-c4cnn(NC(C)C)n4)nc4cc(OC)ccc34)CC1C(=O)N2. The third kappa shape index (κ3) is 6.81. The molecule has 2 saturated carbocycles. The number of benzene rings is 1. The largest absolute Gasteiger partial charge is 0.497 e. The smallest absolute Gasteiger partial charge is 0.332 e. The molecule has 13 nitrogen and oxygen atoms in total. The number of esters is 1. The number of amides is 2. The van der Waals surface area contributed by atoms with Gasteiger partial charge in [0, 0.05) is 43.1 Å². The van der Waals surface area contributed by atoms with Crippen LogP contribution in [0, 0.1) is 17.8 Å². The van der Waals surface area contributed by atoms with E-state index in [0.29, 0.717) is 54.2 Å². The second-order valence-electron chi connectivity index (χ2n) is 13.3. The van der Waals surface area contributed by atoms with E-state index < -0.39 is 29.4 Å². The molecule has 0 spiro atoms. The lowest BCUT2D eigenvalue weighted by molar-refractivity contribution is -0.150. The monoisotopic (exact) mass is 659 g/mol. The van der Waals surface area contributed by atoms with Crippen LogP contribution in [-0.2, 0) is 19.1 Å². The maximum Gasteiger partial charge on any atom is 0.332 e. The van der Waals surface area contributed by atoms with E-state index in [1.165, 1.54) is 4.91 Å². The number of carbonyl (C=O) groups is 3. The molecule has 6 rings (SSSR count). The Morgan fingerprint density at radius 3 is 2.73 bits per heavy atom. The zero-order chi connectivity index (χ0) is 34.0. The van der Waals surface area contributed by atoms with Crippen molar-refractivity contribution in [2.24, 2.45) is 17.8 Å². The average Bonchev–Trinajstić information content (AvgIpc) is 3.34. The second kappa shape index (κ2) is 13.8. The first-order chi connectivity index (χ1) is 23.1. The van der Waals surface area contributed by atoms with Gasteiger partial charge in [0.25, 0.3) is 0 Å². The number of carbonyl (C=O) groups excluding carboxylic acids is 3. The van der Waals surface area contributed by atoms with Crippen molar-refractivity contribution in [2.45, 2.75) is 77.0 Å². The van der Waals surface area contributed by atoms with Crippen molar-refractivity contribution in [1.29, 1.82) is 0 Å². The summed E-state index contributed by atoms with van der Waals surface area (Å²) in [5.41, 5.74) is 3.76. The van der Waals surface area contributed by atoms with Crippen LogP contribution in [0.1, 0.15) is 59.3 Å². The number of nitrogens with zero attached hydrogens (tertiary/aromatic N) is 5. The minimum Gasteiger partial charge on any atom is -0.497 e. The Hall–Kier alpha value is -4.68. The van der Waals surface area contributed by atoms with E-state index in [9.17, 15) is 14.4 Å². The lowest BCUT2D eigenvalue weighted by Gasteiger charge is -2.26. The van der Waals surface area contributed by atoms with Crippen molar-refractivity contribution < 1.29 is 28.6 Å². The highest BCUT2D eigenvalue weighted by Gasteiger charge is 2.62. The van der Waals surface area contributed by atoms with E-state index in [1.54, 1.807) is 32.2 Å². The summed E-state index contributed by atoms with van der Waals surface area (Å²) in [7, 11) is 3.39. The molecule has 2 N–H and O–H groups in total. The van der Waals surface area contributed by atoms with Crippen LogP contribution in [-0.4, -0.2) is 87.8 Å². The Kier molecular flexibility index (Phi) is 9.56. The molecular formula is C35H45N7O6. The van der Waals surface area contributed by atoms with Crippen LogP contribution in [0.5, 0.6) is 11.5 Å². The number of allylic oxidation sites excluding steroid dienone is 1. The van der Waals surface area contributed by atoms with Gasteiger partial charge in [0.05, 0.1) is 43.0 Å². The Bertz CT molecular complexity index is 1710. The highest BCUT2D eigenvalue weighted by Crippen LogP contribution is 2.47. The summed E-state index contributed by atoms with van der Waals surface area (Å²) in [6.07, 6.45) is 9.00. The highest BCUT2D eigenvalue weighted by atomic mass is 16.5. The molecule has 3 aliphatic rings. The predicted molar refractivity (Wildman–Crippen MR) is 179 cm³/mol. The van der Waals surface area contributed by atoms with Gasteiger partial charge in [-0.1, -0.05) is 17.1 Å². The zero-order valence-electron chi connectivity index (χ0n) is 28.3. The minimum absolute atomic E-state index is 0.0920. The number of aromatic nitrogens is 4. The van der Waals surface area contributed by atoms with Crippen LogP contribution < -0.4 is 20.2 Å². The lowest BCUT2D eigenvalue weighted by atomic mass is 9.93. The third-order valence-electron chi connectivity index (χ3n) is 9.43. The van der Waals surface area contributed by atoms with E-state index in [4.69, 9.17) is 19.2 Å². The summed E-state index contributed by atoms with van der Waals surface area (Å²) in [4.78, 5) is 49.1.